The number of sulfonamides is 1. The number of benzene rings is 1. The van der Waals surface area contributed by atoms with Gasteiger partial charge in [0.25, 0.3) is 0 Å². The van der Waals surface area contributed by atoms with Crippen LogP contribution in [0.25, 0.3) is 0 Å². The Kier molecular flexibility index (Phi) is 3.81. The lowest BCUT2D eigenvalue weighted by Crippen LogP contribution is -2.46. The molecule has 0 aromatic heterocycles. The largest absolute Gasteiger partial charge is 0.392 e. The molecule has 2 atom stereocenters. The number of morpholine rings is 1. The van der Waals surface area contributed by atoms with Crippen LogP contribution < -0.4 is 0 Å². The van der Waals surface area contributed by atoms with Crippen molar-refractivity contribution in [2.24, 2.45) is 0 Å². The zero-order valence-electron chi connectivity index (χ0n) is 11.2. The first-order chi connectivity index (χ1) is 9.56. The first kappa shape index (κ1) is 14.0. The first-order valence-corrected chi connectivity index (χ1v) is 8.50. The van der Waals surface area contributed by atoms with Crippen molar-refractivity contribution in [1.29, 1.82) is 0 Å². The third-order valence-electron chi connectivity index (χ3n) is 3.93. The quantitative estimate of drug-likeness (QED) is 0.895. The second-order valence-electron chi connectivity index (χ2n) is 5.51. The molecule has 6 heteroatoms. The minimum atomic E-state index is -3.32. The van der Waals surface area contributed by atoms with Gasteiger partial charge in [-0.15, -0.1) is 0 Å². The third-order valence-corrected chi connectivity index (χ3v) is 5.71. The topological polar surface area (TPSA) is 66.8 Å². The molecular formula is C14H19NO4S. The summed E-state index contributed by atoms with van der Waals surface area (Å²) >= 11 is 0. The summed E-state index contributed by atoms with van der Waals surface area (Å²) in [7, 11) is -3.32. The molecule has 0 aliphatic carbocycles. The van der Waals surface area contributed by atoms with Gasteiger partial charge in [0.15, 0.2) is 0 Å². The Labute approximate surface area is 119 Å². The zero-order chi connectivity index (χ0) is 14.2. The lowest BCUT2D eigenvalue weighted by Gasteiger charge is -2.31. The van der Waals surface area contributed by atoms with Crippen LogP contribution in [0, 0.1) is 0 Å². The summed E-state index contributed by atoms with van der Waals surface area (Å²) in [6.07, 6.45) is 2.03. The number of rotatable bonds is 4. The predicted octanol–water partition coefficient (Wildman–Crippen LogP) is 0.872. The minimum Gasteiger partial charge on any atom is -0.392 e. The molecule has 1 aromatic rings. The molecule has 1 aromatic carbocycles. The average Bonchev–Trinajstić information content (AvgIpc) is 2.77. The van der Waals surface area contributed by atoms with Crippen LogP contribution in [0.5, 0.6) is 0 Å². The Morgan fingerprint density at radius 2 is 1.85 bits per heavy atom. The van der Waals surface area contributed by atoms with Crippen LogP contribution in [0.3, 0.4) is 0 Å². The summed E-state index contributed by atoms with van der Waals surface area (Å²) in [5.41, 5.74) is 1.45. The summed E-state index contributed by atoms with van der Waals surface area (Å²) in [5.74, 6) is -0.0136. The molecule has 2 unspecified atom stereocenters. The third kappa shape index (κ3) is 2.88. The van der Waals surface area contributed by atoms with E-state index in [1.807, 2.05) is 0 Å². The van der Waals surface area contributed by atoms with Crippen molar-refractivity contribution in [2.75, 3.05) is 13.1 Å². The molecule has 2 aliphatic heterocycles. The molecule has 2 bridgehead atoms. The maximum Gasteiger partial charge on any atom is 0.218 e. The Hall–Kier alpha value is -0.950. The van der Waals surface area contributed by atoms with Crippen LogP contribution in [0.1, 0.15) is 24.0 Å². The van der Waals surface area contributed by atoms with Gasteiger partial charge in [-0.3, -0.25) is 0 Å². The van der Waals surface area contributed by atoms with Crippen molar-refractivity contribution in [2.45, 2.75) is 37.4 Å². The van der Waals surface area contributed by atoms with E-state index in [4.69, 9.17) is 9.84 Å². The number of hydrogen-bond donors (Lipinski definition) is 1. The highest BCUT2D eigenvalue weighted by molar-refractivity contribution is 7.88. The number of ether oxygens (including phenoxy) is 1. The van der Waals surface area contributed by atoms with E-state index in [-0.39, 0.29) is 24.6 Å². The van der Waals surface area contributed by atoms with E-state index in [1.54, 1.807) is 28.6 Å². The second kappa shape index (κ2) is 5.44. The second-order valence-corrected chi connectivity index (χ2v) is 7.48. The molecule has 20 heavy (non-hydrogen) atoms. The molecule has 0 radical (unpaired) electrons. The molecule has 5 nitrogen and oxygen atoms in total. The summed E-state index contributed by atoms with van der Waals surface area (Å²) in [6.45, 7) is 0.868. The van der Waals surface area contributed by atoms with E-state index in [0.717, 1.165) is 24.0 Å². The molecule has 0 amide bonds. The zero-order valence-corrected chi connectivity index (χ0v) is 12.1. The van der Waals surface area contributed by atoms with Crippen LogP contribution in [0.2, 0.25) is 0 Å². The number of aliphatic hydroxyl groups is 1. The Bertz CT molecular complexity index is 575. The molecule has 2 fully saturated rings. The van der Waals surface area contributed by atoms with Gasteiger partial charge < -0.3 is 9.84 Å². The van der Waals surface area contributed by atoms with E-state index in [9.17, 15) is 8.42 Å². The molecular weight excluding hydrogens is 278 g/mol. The van der Waals surface area contributed by atoms with Crippen molar-refractivity contribution in [3.05, 3.63) is 35.4 Å². The Morgan fingerprint density at radius 3 is 2.50 bits per heavy atom. The normalized spacial score (nSPS) is 26.9. The fourth-order valence-electron chi connectivity index (χ4n) is 2.92. The predicted molar refractivity (Wildman–Crippen MR) is 74.5 cm³/mol. The fourth-order valence-corrected chi connectivity index (χ4v) is 4.49. The maximum atomic E-state index is 12.5. The van der Waals surface area contributed by atoms with Crippen LogP contribution in [0.15, 0.2) is 24.3 Å². The number of aliphatic hydroxyl groups excluding tert-OH is 1. The fraction of sp³-hybridized carbons (Fsp3) is 0.571. The summed E-state index contributed by atoms with van der Waals surface area (Å²) in [5, 5.41) is 9.11. The van der Waals surface area contributed by atoms with Crippen molar-refractivity contribution in [3.63, 3.8) is 0 Å². The van der Waals surface area contributed by atoms with Crippen molar-refractivity contribution >= 4 is 10.0 Å². The number of hydrogen-bond acceptors (Lipinski definition) is 4. The lowest BCUT2D eigenvalue weighted by atomic mass is 10.1. The Morgan fingerprint density at radius 1 is 1.20 bits per heavy atom. The van der Waals surface area contributed by atoms with Crippen LogP contribution >= 0.6 is 0 Å². The molecule has 3 rings (SSSR count). The van der Waals surface area contributed by atoms with Crippen LogP contribution in [-0.4, -0.2) is 43.1 Å². The molecule has 0 saturated carbocycles. The van der Waals surface area contributed by atoms with E-state index >= 15 is 0 Å². The van der Waals surface area contributed by atoms with Gasteiger partial charge in [-0.25, -0.2) is 8.42 Å². The van der Waals surface area contributed by atoms with Crippen molar-refractivity contribution in [1.82, 2.24) is 4.31 Å². The molecule has 110 valence electrons. The SMILES string of the molecule is O=S(=O)(Cc1cccc(CO)c1)N1CC2CCC(C1)O2. The maximum absolute atomic E-state index is 12.5. The van der Waals surface area contributed by atoms with Gasteiger partial charge in [0.1, 0.15) is 0 Å². The highest BCUT2D eigenvalue weighted by Crippen LogP contribution is 2.28. The minimum absolute atomic E-state index is 0.0136. The lowest BCUT2D eigenvalue weighted by molar-refractivity contribution is -0.0115. The van der Waals surface area contributed by atoms with Gasteiger partial charge >= 0.3 is 0 Å². The van der Waals surface area contributed by atoms with Gasteiger partial charge in [0, 0.05) is 13.1 Å². The number of nitrogens with zero attached hydrogens (tertiary/aromatic N) is 1. The van der Waals surface area contributed by atoms with Crippen molar-refractivity contribution in [3.8, 4) is 0 Å². The van der Waals surface area contributed by atoms with Crippen LogP contribution in [-0.2, 0) is 27.1 Å². The van der Waals surface area contributed by atoms with E-state index < -0.39 is 10.0 Å². The average molecular weight is 297 g/mol. The van der Waals surface area contributed by atoms with Gasteiger partial charge in [0.2, 0.25) is 10.0 Å². The highest BCUT2D eigenvalue weighted by Gasteiger charge is 2.38. The van der Waals surface area contributed by atoms with E-state index in [1.165, 1.54) is 0 Å². The summed E-state index contributed by atoms with van der Waals surface area (Å²) in [4.78, 5) is 0. The smallest absolute Gasteiger partial charge is 0.218 e. The summed E-state index contributed by atoms with van der Waals surface area (Å²) in [6, 6.07) is 7.09. The van der Waals surface area contributed by atoms with Gasteiger partial charge in [-0.05, 0) is 24.0 Å². The Balaban J connectivity index is 1.75. The standard InChI is InChI=1S/C14H19NO4S/c16-9-11-2-1-3-12(6-11)10-20(17,18)15-7-13-4-5-14(8-15)19-13/h1-3,6,13-14,16H,4-5,7-10H2. The molecule has 1 N–H and O–H groups in total. The first-order valence-electron chi connectivity index (χ1n) is 6.89. The van der Waals surface area contributed by atoms with Crippen molar-refractivity contribution < 1.29 is 18.3 Å². The summed E-state index contributed by atoms with van der Waals surface area (Å²) < 4.78 is 32.2. The molecule has 2 heterocycles. The van der Waals surface area contributed by atoms with Gasteiger partial charge in [-0.1, -0.05) is 24.3 Å². The van der Waals surface area contributed by atoms with Gasteiger partial charge in [-0.2, -0.15) is 4.31 Å². The molecule has 2 saturated heterocycles. The van der Waals surface area contributed by atoms with E-state index in [0.29, 0.717) is 13.1 Å². The molecule has 2 aliphatic rings. The monoisotopic (exact) mass is 297 g/mol. The molecule has 0 spiro atoms. The van der Waals surface area contributed by atoms with Gasteiger partial charge in [0.05, 0.1) is 24.6 Å². The van der Waals surface area contributed by atoms with Crippen LogP contribution in [0.4, 0.5) is 0 Å². The number of fused-ring (bicyclic) bond motifs is 2. The highest BCUT2D eigenvalue weighted by atomic mass is 32.2. The van der Waals surface area contributed by atoms with E-state index in [2.05, 4.69) is 0 Å².